The van der Waals surface area contributed by atoms with Gasteiger partial charge >= 0.3 is 0 Å². The molecule has 0 aliphatic heterocycles. The molecule has 0 aliphatic carbocycles. The van der Waals surface area contributed by atoms with Gasteiger partial charge in [0.15, 0.2) is 5.96 Å². The molecule has 1 atom stereocenters. The molecule has 1 aromatic rings. The van der Waals surface area contributed by atoms with Gasteiger partial charge in [-0.15, -0.1) is 24.0 Å². The minimum absolute atomic E-state index is 0. The summed E-state index contributed by atoms with van der Waals surface area (Å²) in [5, 5.41) is 13.7. The van der Waals surface area contributed by atoms with Crippen molar-refractivity contribution in [2.75, 3.05) is 27.2 Å². The van der Waals surface area contributed by atoms with Gasteiger partial charge in [0.1, 0.15) is 17.1 Å². The molecule has 0 saturated heterocycles. The quantitative estimate of drug-likeness (QED) is 0.467. The van der Waals surface area contributed by atoms with Gasteiger partial charge in [-0.25, -0.2) is 4.99 Å². The SMILES string of the molecule is CCNC(=NCC(C)(O)c1cc(C)oc1C)N(C)C.I. The average Bonchev–Trinajstić information content (AvgIpc) is 2.64. The lowest BCUT2D eigenvalue weighted by Crippen LogP contribution is -2.38. The van der Waals surface area contributed by atoms with E-state index in [1.807, 2.05) is 45.8 Å². The van der Waals surface area contributed by atoms with Crippen LogP contribution in [0.4, 0.5) is 0 Å². The Labute approximate surface area is 138 Å². The molecule has 6 heteroatoms. The number of aliphatic hydroxyl groups is 1. The summed E-state index contributed by atoms with van der Waals surface area (Å²) >= 11 is 0. The van der Waals surface area contributed by atoms with E-state index in [1.54, 1.807) is 6.92 Å². The first-order valence-electron chi connectivity index (χ1n) is 6.53. The first-order chi connectivity index (χ1) is 8.77. The average molecular weight is 395 g/mol. The third-order valence-corrected chi connectivity index (χ3v) is 2.92. The molecule has 0 fully saturated rings. The summed E-state index contributed by atoms with van der Waals surface area (Å²) in [7, 11) is 3.84. The summed E-state index contributed by atoms with van der Waals surface area (Å²) in [6.07, 6.45) is 0. The van der Waals surface area contributed by atoms with Crippen LogP contribution in [0, 0.1) is 13.8 Å². The van der Waals surface area contributed by atoms with Crippen LogP contribution in [0.1, 0.15) is 30.9 Å². The first-order valence-corrected chi connectivity index (χ1v) is 6.53. The molecule has 5 nitrogen and oxygen atoms in total. The van der Waals surface area contributed by atoms with Gasteiger partial charge in [-0.3, -0.25) is 0 Å². The standard InChI is InChI=1S/C14H25N3O2.HI/c1-7-15-13(17(5)6)16-9-14(4,18)12-8-10(2)19-11(12)3;/h8,18H,7,9H2,1-6H3,(H,15,16);1H. The molecule has 0 bridgehead atoms. The molecule has 1 rings (SSSR count). The van der Waals surface area contributed by atoms with E-state index in [4.69, 9.17) is 4.42 Å². The van der Waals surface area contributed by atoms with Gasteiger partial charge in [0.25, 0.3) is 0 Å². The van der Waals surface area contributed by atoms with E-state index in [0.717, 1.165) is 29.6 Å². The third kappa shape index (κ3) is 4.97. The summed E-state index contributed by atoms with van der Waals surface area (Å²) in [4.78, 5) is 6.35. The number of hydrogen-bond acceptors (Lipinski definition) is 3. The van der Waals surface area contributed by atoms with Crippen LogP contribution in [0.15, 0.2) is 15.5 Å². The van der Waals surface area contributed by atoms with Crippen LogP contribution < -0.4 is 5.32 Å². The number of nitrogens with one attached hydrogen (secondary N) is 1. The smallest absolute Gasteiger partial charge is 0.193 e. The van der Waals surface area contributed by atoms with Crippen molar-refractivity contribution in [2.24, 2.45) is 4.99 Å². The van der Waals surface area contributed by atoms with Gasteiger partial charge in [-0.05, 0) is 33.8 Å². The molecule has 0 aromatic carbocycles. The Morgan fingerprint density at radius 3 is 2.45 bits per heavy atom. The van der Waals surface area contributed by atoms with E-state index in [2.05, 4.69) is 10.3 Å². The highest BCUT2D eigenvalue weighted by Gasteiger charge is 2.27. The predicted molar refractivity (Wildman–Crippen MR) is 92.8 cm³/mol. The number of aliphatic imine (C=N–C) groups is 1. The topological polar surface area (TPSA) is 61.0 Å². The van der Waals surface area contributed by atoms with Crippen LogP contribution >= 0.6 is 24.0 Å². The van der Waals surface area contributed by atoms with E-state index in [9.17, 15) is 5.11 Å². The van der Waals surface area contributed by atoms with Crippen LogP contribution in [-0.2, 0) is 5.60 Å². The van der Waals surface area contributed by atoms with Crippen molar-refractivity contribution >= 4 is 29.9 Å². The van der Waals surface area contributed by atoms with Gasteiger partial charge in [0, 0.05) is 26.2 Å². The Morgan fingerprint density at radius 1 is 1.45 bits per heavy atom. The van der Waals surface area contributed by atoms with Gasteiger partial charge in [0.05, 0.1) is 6.54 Å². The highest BCUT2D eigenvalue weighted by molar-refractivity contribution is 14.0. The molecule has 116 valence electrons. The Morgan fingerprint density at radius 2 is 2.05 bits per heavy atom. The minimum atomic E-state index is -1.03. The molecule has 20 heavy (non-hydrogen) atoms. The van der Waals surface area contributed by atoms with E-state index in [0.29, 0.717) is 0 Å². The number of hydrogen-bond donors (Lipinski definition) is 2. The fourth-order valence-electron chi connectivity index (χ4n) is 1.99. The van der Waals surface area contributed by atoms with E-state index < -0.39 is 5.60 Å². The van der Waals surface area contributed by atoms with Gasteiger partial charge in [0.2, 0.25) is 0 Å². The van der Waals surface area contributed by atoms with Crippen molar-refractivity contribution in [3.05, 3.63) is 23.2 Å². The van der Waals surface area contributed by atoms with Crippen LogP contribution in [0.25, 0.3) is 0 Å². The zero-order chi connectivity index (χ0) is 14.6. The number of rotatable bonds is 4. The zero-order valence-electron chi connectivity index (χ0n) is 13.1. The molecule has 1 aromatic heterocycles. The lowest BCUT2D eigenvalue weighted by Gasteiger charge is -2.23. The molecule has 0 saturated carbocycles. The number of aryl methyl sites for hydroxylation is 2. The summed E-state index contributed by atoms with van der Waals surface area (Å²) in [5.41, 5.74) is -0.234. The van der Waals surface area contributed by atoms with Gasteiger partial charge < -0.3 is 19.7 Å². The number of halogens is 1. The maximum absolute atomic E-state index is 10.6. The molecule has 0 spiro atoms. The lowest BCUT2D eigenvalue weighted by molar-refractivity contribution is 0.0655. The molecule has 0 amide bonds. The van der Waals surface area contributed by atoms with Crippen LogP contribution in [0.2, 0.25) is 0 Å². The highest BCUT2D eigenvalue weighted by Crippen LogP contribution is 2.27. The van der Waals surface area contributed by atoms with Gasteiger partial charge in [-0.2, -0.15) is 0 Å². The fraction of sp³-hybridized carbons (Fsp3) is 0.643. The fourth-order valence-corrected chi connectivity index (χ4v) is 1.99. The predicted octanol–water partition coefficient (Wildman–Crippen LogP) is 2.25. The highest BCUT2D eigenvalue weighted by atomic mass is 127. The summed E-state index contributed by atoms with van der Waals surface area (Å²) in [6, 6.07) is 1.87. The Balaban J connectivity index is 0.00000361. The zero-order valence-corrected chi connectivity index (χ0v) is 15.5. The summed E-state index contributed by atoms with van der Waals surface area (Å²) < 4.78 is 5.47. The van der Waals surface area contributed by atoms with Gasteiger partial charge in [-0.1, -0.05) is 0 Å². The number of furan rings is 1. The van der Waals surface area contributed by atoms with E-state index in [1.165, 1.54) is 0 Å². The maximum Gasteiger partial charge on any atom is 0.193 e. The molecular formula is C14H26IN3O2. The molecule has 0 aliphatic rings. The summed E-state index contributed by atoms with van der Waals surface area (Å²) in [5.74, 6) is 2.31. The molecule has 1 unspecified atom stereocenters. The summed E-state index contributed by atoms with van der Waals surface area (Å²) in [6.45, 7) is 8.58. The second-order valence-electron chi connectivity index (χ2n) is 5.17. The molecule has 0 radical (unpaired) electrons. The maximum atomic E-state index is 10.6. The van der Waals surface area contributed by atoms with Crippen molar-refractivity contribution in [1.82, 2.24) is 10.2 Å². The second kappa shape index (κ2) is 7.87. The van der Waals surface area contributed by atoms with Crippen LogP contribution in [-0.4, -0.2) is 43.2 Å². The number of nitrogens with zero attached hydrogens (tertiary/aromatic N) is 2. The lowest BCUT2D eigenvalue weighted by atomic mass is 9.96. The minimum Gasteiger partial charge on any atom is -0.466 e. The first kappa shape index (κ1) is 19.2. The Hall–Kier alpha value is -0.760. The molecular weight excluding hydrogens is 369 g/mol. The third-order valence-electron chi connectivity index (χ3n) is 2.92. The van der Waals surface area contributed by atoms with E-state index in [-0.39, 0.29) is 30.5 Å². The monoisotopic (exact) mass is 395 g/mol. The van der Waals surface area contributed by atoms with Crippen molar-refractivity contribution < 1.29 is 9.52 Å². The van der Waals surface area contributed by atoms with Crippen molar-refractivity contribution in [3.63, 3.8) is 0 Å². The van der Waals surface area contributed by atoms with E-state index >= 15 is 0 Å². The normalized spacial score (nSPS) is 14.4. The van der Waals surface area contributed by atoms with Crippen molar-refractivity contribution in [1.29, 1.82) is 0 Å². The second-order valence-corrected chi connectivity index (χ2v) is 5.17. The van der Waals surface area contributed by atoms with Crippen molar-refractivity contribution in [3.8, 4) is 0 Å². The van der Waals surface area contributed by atoms with Crippen LogP contribution in [0.3, 0.4) is 0 Å². The Kier molecular flexibility index (Phi) is 7.57. The van der Waals surface area contributed by atoms with Crippen LogP contribution in [0.5, 0.6) is 0 Å². The molecule has 1 heterocycles. The largest absolute Gasteiger partial charge is 0.466 e. The molecule has 2 N–H and O–H groups in total. The van der Waals surface area contributed by atoms with Crippen molar-refractivity contribution in [2.45, 2.75) is 33.3 Å². The Bertz CT molecular complexity index is 453. The number of guanidine groups is 1.